The average Bonchev–Trinajstić information content (AvgIpc) is 2.77. The number of halogens is 1. The molecule has 0 aliphatic carbocycles. The summed E-state index contributed by atoms with van der Waals surface area (Å²) in [7, 11) is 3.41. The third-order valence-corrected chi connectivity index (χ3v) is 5.53. The summed E-state index contributed by atoms with van der Waals surface area (Å²) in [4.78, 5) is 29.6. The maximum Gasteiger partial charge on any atom is 0.251 e. The average molecular weight is 544 g/mol. The van der Waals surface area contributed by atoms with E-state index in [9.17, 15) is 9.59 Å². The number of carbonyl (C=O) groups excluding carboxylic acids is 2. The second-order valence-corrected chi connectivity index (χ2v) is 7.68. The zero-order valence-corrected chi connectivity index (χ0v) is 21.0. The van der Waals surface area contributed by atoms with Crippen LogP contribution in [0, 0.1) is 5.92 Å². The Labute approximate surface area is 202 Å². The molecule has 1 fully saturated rings. The predicted molar refractivity (Wildman–Crippen MR) is 136 cm³/mol. The molecule has 1 aliphatic rings. The maximum atomic E-state index is 11.7. The first-order valence-corrected chi connectivity index (χ1v) is 10.8. The van der Waals surface area contributed by atoms with Gasteiger partial charge in [0.1, 0.15) is 0 Å². The Morgan fingerprint density at radius 1 is 1.16 bits per heavy atom. The Morgan fingerprint density at radius 3 is 2.52 bits per heavy atom. The number of likely N-dealkylation sites (tertiary alicyclic amines) is 1. The Balaban J connectivity index is 0.00000480. The number of hydrogen-bond acceptors (Lipinski definition) is 4. The third kappa shape index (κ3) is 9.86. The SMILES string of the molecule is CN=C(NCCCCN1CCC(C(N)=O)CC1)NCCc1cccc(C(=O)NC)c1.I. The van der Waals surface area contributed by atoms with Crippen LogP contribution in [0.1, 0.15) is 41.6 Å². The number of rotatable bonds is 10. The van der Waals surface area contributed by atoms with E-state index in [1.807, 2.05) is 24.3 Å². The van der Waals surface area contributed by atoms with Crippen LogP contribution < -0.4 is 21.7 Å². The molecule has 2 rings (SSSR count). The largest absolute Gasteiger partial charge is 0.369 e. The molecule has 174 valence electrons. The van der Waals surface area contributed by atoms with Crippen LogP contribution in [0.2, 0.25) is 0 Å². The lowest BCUT2D eigenvalue weighted by molar-refractivity contribution is -0.123. The number of unbranched alkanes of at least 4 members (excludes halogenated alkanes) is 1. The molecule has 8 nitrogen and oxygen atoms in total. The quantitative estimate of drug-likeness (QED) is 0.154. The van der Waals surface area contributed by atoms with Gasteiger partial charge < -0.3 is 26.6 Å². The van der Waals surface area contributed by atoms with Crippen LogP contribution in [-0.2, 0) is 11.2 Å². The van der Waals surface area contributed by atoms with Gasteiger partial charge in [0.2, 0.25) is 5.91 Å². The first-order valence-electron chi connectivity index (χ1n) is 10.8. The summed E-state index contributed by atoms with van der Waals surface area (Å²) >= 11 is 0. The summed E-state index contributed by atoms with van der Waals surface area (Å²) in [5.41, 5.74) is 7.17. The van der Waals surface area contributed by atoms with Crippen molar-refractivity contribution >= 4 is 41.8 Å². The molecule has 1 heterocycles. The van der Waals surface area contributed by atoms with Gasteiger partial charge in [-0.3, -0.25) is 14.6 Å². The van der Waals surface area contributed by atoms with Crippen molar-refractivity contribution in [1.29, 1.82) is 0 Å². The second kappa shape index (κ2) is 15.0. The molecule has 0 saturated carbocycles. The van der Waals surface area contributed by atoms with E-state index < -0.39 is 0 Å². The molecule has 1 aromatic carbocycles. The van der Waals surface area contributed by atoms with Crippen molar-refractivity contribution in [2.75, 3.05) is 46.8 Å². The van der Waals surface area contributed by atoms with Crippen molar-refractivity contribution in [1.82, 2.24) is 20.9 Å². The zero-order valence-electron chi connectivity index (χ0n) is 18.7. The topological polar surface area (TPSA) is 112 Å². The third-order valence-electron chi connectivity index (χ3n) is 5.53. The molecule has 0 spiro atoms. The molecular weight excluding hydrogens is 507 g/mol. The van der Waals surface area contributed by atoms with E-state index in [1.54, 1.807) is 14.1 Å². The Hall–Kier alpha value is -1.88. The minimum Gasteiger partial charge on any atom is -0.369 e. The number of primary amides is 1. The Morgan fingerprint density at radius 2 is 1.87 bits per heavy atom. The molecule has 2 amide bonds. The lowest BCUT2D eigenvalue weighted by Crippen LogP contribution is -2.40. The van der Waals surface area contributed by atoms with Crippen LogP contribution in [0.15, 0.2) is 29.3 Å². The molecule has 1 aromatic rings. The zero-order chi connectivity index (χ0) is 21.8. The molecule has 5 N–H and O–H groups in total. The number of nitrogens with two attached hydrogens (primary N) is 1. The summed E-state index contributed by atoms with van der Waals surface area (Å²) in [6.45, 7) is 4.59. The van der Waals surface area contributed by atoms with Gasteiger partial charge in [-0.15, -0.1) is 24.0 Å². The van der Waals surface area contributed by atoms with E-state index in [2.05, 4.69) is 25.8 Å². The summed E-state index contributed by atoms with van der Waals surface area (Å²) in [6.07, 6.45) is 4.75. The summed E-state index contributed by atoms with van der Waals surface area (Å²) in [6, 6.07) is 7.67. The van der Waals surface area contributed by atoms with Gasteiger partial charge in [-0.25, -0.2) is 0 Å². The van der Waals surface area contributed by atoms with Crippen molar-refractivity contribution in [2.45, 2.75) is 32.1 Å². The normalized spacial score (nSPS) is 15.1. The molecule has 0 atom stereocenters. The monoisotopic (exact) mass is 544 g/mol. The highest BCUT2D eigenvalue weighted by atomic mass is 127. The van der Waals surface area contributed by atoms with E-state index in [4.69, 9.17) is 5.73 Å². The number of benzene rings is 1. The summed E-state index contributed by atoms with van der Waals surface area (Å²) < 4.78 is 0. The molecule has 31 heavy (non-hydrogen) atoms. The number of nitrogens with one attached hydrogen (secondary N) is 3. The van der Waals surface area contributed by atoms with E-state index in [0.717, 1.165) is 76.4 Å². The van der Waals surface area contributed by atoms with Gasteiger partial charge in [0.25, 0.3) is 5.91 Å². The fraction of sp³-hybridized carbons (Fsp3) is 0.591. The highest BCUT2D eigenvalue weighted by Gasteiger charge is 2.22. The number of hydrogen-bond donors (Lipinski definition) is 4. The number of carbonyl (C=O) groups is 2. The Bertz CT molecular complexity index is 720. The van der Waals surface area contributed by atoms with Crippen LogP contribution >= 0.6 is 24.0 Å². The Kier molecular flexibility index (Phi) is 13.1. The van der Waals surface area contributed by atoms with Crippen molar-refractivity contribution in [3.8, 4) is 0 Å². The smallest absolute Gasteiger partial charge is 0.251 e. The first kappa shape index (κ1) is 27.2. The molecular formula is C22H37IN6O2. The molecule has 0 aromatic heterocycles. The minimum atomic E-state index is -0.156. The van der Waals surface area contributed by atoms with Crippen molar-refractivity contribution < 1.29 is 9.59 Å². The van der Waals surface area contributed by atoms with Gasteiger partial charge in [-0.1, -0.05) is 12.1 Å². The van der Waals surface area contributed by atoms with E-state index >= 15 is 0 Å². The lowest BCUT2D eigenvalue weighted by atomic mass is 9.96. The summed E-state index contributed by atoms with van der Waals surface area (Å²) in [5.74, 6) is 0.625. The number of amides is 2. The number of guanidine groups is 1. The van der Waals surface area contributed by atoms with Crippen LogP contribution in [0.25, 0.3) is 0 Å². The van der Waals surface area contributed by atoms with Crippen LogP contribution in [0.5, 0.6) is 0 Å². The van der Waals surface area contributed by atoms with E-state index in [0.29, 0.717) is 5.56 Å². The van der Waals surface area contributed by atoms with Crippen molar-refractivity contribution in [3.63, 3.8) is 0 Å². The van der Waals surface area contributed by atoms with Crippen LogP contribution in [-0.4, -0.2) is 69.5 Å². The minimum absolute atomic E-state index is 0. The van der Waals surface area contributed by atoms with Crippen molar-refractivity contribution in [3.05, 3.63) is 35.4 Å². The van der Waals surface area contributed by atoms with Crippen LogP contribution in [0.3, 0.4) is 0 Å². The molecule has 0 unspecified atom stereocenters. The number of nitrogens with zero attached hydrogens (tertiary/aromatic N) is 2. The van der Waals surface area contributed by atoms with Gasteiger partial charge in [0.15, 0.2) is 5.96 Å². The number of aliphatic imine (C=N–C) groups is 1. The molecule has 1 saturated heterocycles. The predicted octanol–water partition coefficient (Wildman–Crippen LogP) is 1.35. The van der Waals surface area contributed by atoms with E-state index in [1.165, 1.54) is 0 Å². The maximum absolute atomic E-state index is 11.7. The van der Waals surface area contributed by atoms with Gasteiger partial charge in [-0.2, -0.15) is 0 Å². The van der Waals surface area contributed by atoms with Crippen molar-refractivity contribution in [2.24, 2.45) is 16.6 Å². The highest BCUT2D eigenvalue weighted by molar-refractivity contribution is 14.0. The number of piperidine rings is 1. The fourth-order valence-corrected chi connectivity index (χ4v) is 3.67. The second-order valence-electron chi connectivity index (χ2n) is 7.68. The first-order chi connectivity index (χ1) is 14.5. The van der Waals surface area contributed by atoms with Gasteiger partial charge in [0.05, 0.1) is 0 Å². The van der Waals surface area contributed by atoms with Gasteiger partial charge in [-0.05, 0) is 69.4 Å². The van der Waals surface area contributed by atoms with Gasteiger partial charge in [0, 0.05) is 38.7 Å². The fourth-order valence-electron chi connectivity index (χ4n) is 3.67. The molecule has 1 aliphatic heterocycles. The standard InChI is InChI=1S/C22H36N6O2.HI/c1-24-21(30)19-7-5-6-17(16-19)8-12-27-22(25-2)26-11-3-4-13-28-14-9-18(10-15-28)20(23)29;/h5-7,16,18H,3-4,8-15H2,1-2H3,(H2,23,29)(H,24,30)(H2,25,26,27);1H. The molecule has 0 radical (unpaired) electrons. The van der Waals surface area contributed by atoms with Gasteiger partial charge >= 0.3 is 0 Å². The van der Waals surface area contributed by atoms with Crippen LogP contribution in [0.4, 0.5) is 0 Å². The summed E-state index contributed by atoms with van der Waals surface area (Å²) in [5, 5.41) is 9.32. The molecule has 0 bridgehead atoms. The lowest BCUT2D eigenvalue weighted by Gasteiger charge is -2.30. The van der Waals surface area contributed by atoms with E-state index in [-0.39, 0.29) is 41.7 Å². The molecule has 9 heteroatoms. The highest BCUT2D eigenvalue weighted by Crippen LogP contribution is 2.16.